The Bertz CT molecular complexity index is 617. The molecule has 19 heavy (non-hydrogen) atoms. The van der Waals surface area contributed by atoms with Gasteiger partial charge in [-0.2, -0.15) is 0 Å². The van der Waals surface area contributed by atoms with E-state index < -0.39 is 31.3 Å². The molecule has 0 N–H and O–H groups in total. The van der Waals surface area contributed by atoms with Crippen LogP contribution in [0.1, 0.15) is 36.7 Å². The van der Waals surface area contributed by atoms with Crippen LogP contribution < -0.4 is 0 Å². The Morgan fingerprint density at radius 1 is 1.32 bits per heavy atom. The summed E-state index contributed by atoms with van der Waals surface area (Å²) in [5.74, 6) is -1.67. The summed E-state index contributed by atoms with van der Waals surface area (Å²) in [4.78, 5) is 11.5. The van der Waals surface area contributed by atoms with Crippen molar-refractivity contribution >= 4 is 25.7 Å². The number of ether oxygens (including phenoxy) is 1. The monoisotopic (exact) mass is 308 g/mol. The van der Waals surface area contributed by atoms with Crippen LogP contribution >= 0.6 is 10.7 Å². The van der Waals surface area contributed by atoms with Gasteiger partial charge in [0.05, 0.1) is 10.5 Å². The fourth-order valence-corrected chi connectivity index (χ4v) is 2.66. The molecule has 1 aromatic rings. The molecule has 1 rings (SSSR count). The zero-order chi connectivity index (χ0) is 15.0. The molecule has 0 aliphatic heterocycles. The highest BCUT2D eigenvalue weighted by Gasteiger charge is 2.24. The molecular formula is C12H14ClFO4S. The van der Waals surface area contributed by atoms with Crippen molar-refractivity contribution in [2.45, 2.75) is 38.2 Å². The largest absolute Gasteiger partial charge is 0.456 e. The minimum atomic E-state index is -4.13. The minimum Gasteiger partial charge on any atom is -0.456 e. The van der Waals surface area contributed by atoms with E-state index >= 15 is 0 Å². The summed E-state index contributed by atoms with van der Waals surface area (Å²) in [6, 6.07) is 1.69. The third-order valence-corrected chi connectivity index (χ3v) is 3.65. The van der Waals surface area contributed by atoms with Gasteiger partial charge < -0.3 is 4.74 Å². The molecule has 0 aliphatic rings. The predicted molar refractivity (Wildman–Crippen MR) is 69.3 cm³/mol. The van der Waals surface area contributed by atoms with Gasteiger partial charge in [-0.3, -0.25) is 0 Å². The fourth-order valence-electron chi connectivity index (χ4n) is 1.45. The number of esters is 1. The highest BCUT2D eigenvalue weighted by atomic mass is 35.7. The highest BCUT2D eigenvalue weighted by Crippen LogP contribution is 2.25. The molecule has 0 radical (unpaired) electrons. The number of benzene rings is 1. The summed E-state index contributed by atoms with van der Waals surface area (Å²) in [7, 11) is 1.07. The number of carbonyl (C=O) groups is 1. The maximum Gasteiger partial charge on any atom is 0.339 e. The second-order valence-electron chi connectivity index (χ2n) is 5.02. The fraction of sp³-hybridized carbons (Fsp3) is 0.417. The van der Waals surface area contributed by atoms with E-state index in [1.54, 1.807) is 20.8 Å². The van der Waals surface area contributed by atoms with Gasteiger partial charge in [0.25, 0.3) is 9.05 Å². The van der Waals surface area contributed by atoms with Crippen molar-refractivity contribution in [2.75, 3.05) is 0 Å². The standard InChI is InChI=1S/C12H14ClFO4S/c1-7-9(11(15)18-12(2,3)4)5-8(14)6-10(7)19(13,16)17/h5-6H,1-4H3. The van der Waals surface area contributed by atoms with E-state index in [9.17, 15) is 17.6 Å². The van der Waals surface area contributed by atoms with Gasteiger partial charge in [-0.1, -0.05) is 0 Å². The van der Waals surface area contributed by atoms with Gasteiger partial charge >= 0.3 is 5.97 Å². The summed E-state index contributed by atoms with van der Waals surface area (Å²) >= 11 is 0. The molecule has 0 atom stereocenters. The van der Waals surface area contributed by atoms with E-state index in [2.05, 4.69) is 0 Å². The Morgan fingerprint density at radius 2 is 1.84 bits per heavy atom. The molecule has 0 saturated carbocycles. The van der Waals surface area contributed by atoms with Crippen LogP contribution in [0.15, 0.2) is 17.0 Å². The normalized spacial score (nSPS) is 12.3. The van der Waals surface area contributed by atoms with Gasteiger partial charge in [-0.15, -0.1) is 0 Å². The number of hydrogen-bond donors (Lipinski definition) is 0. The van der Waals surface area contributed by atoms with Gasteiger partial charge in [-0.25, -0.2) is 17.6 Å². The van der Waals surface area contributed by atoms with Crippen LogP contribution in [-0.2, 0) is 13.8 Å². The number of hydrogen-bond acceptors (Lipinski definition) is 4. The van der Waals surface area contributed by atoms with E-state index in [-0.39, 0.29) is 11.1 Å². The molecular weight excluding hydrogens is 295 g/mol. The quantitative estimate of drug-likeness (QED) is 0.622. The Balaban J connectivity index is 3.38. The molecule has 0 spiro atoms. The number of carbonyl (C=O) groups excluding carboxylic acids is 1. The molecule has 0 saturated heterocycles. The number of rotatable bonds is 2. The zero-order valence-electron chi connectivity index (χ0n) is 11.0. The van der Waals surface area contributed by atoms with Crippen LogP contribution in [0.5, 0.6) is 0 Å². The van der Waals surface area contributed by atoms with Crippen LogP contribution in [-0.4, -0.2) is 20.0 Å². The Labute approximate surface area is 115 Å². The lowest BCUT2D eigenvalue weighted by atomic mass is 10.1. The molecule has 0 aromatic heterocycles. The van der Waals surface area contributed by atoms with Gasteiger partial charge in [0, 0.05) is 10.7 Å². The number of halogens is 2. The first-order valence-corrected chi connectivity index (χ1v) is 7.71. The van der Waals surface area contributed by atoms with Crippen molar-refractivity contribution in [3.63, 3.8) is 0 Å². The topological polar surface area (TPSA) is 60.4 Å². The first kappa shape index (κ1) is 15.9. The maximum atomic E-state index is 13.4. The SMILES string of the molecule is Cc1c(C(=O)OC(C)(C)C)cc(F)cc1S(=O)(=O)Cl. The minimum absolute atomic E-state index is 0.0608. The first-order chi connectivity index (χ1) is 8.42. The van der Waals surface area contributed by atoms with Crippen LogP contribution in [0, 0.1) is 12.7 Å². The Morgan fingerprint density at radius 3 is 2.26 bits per heavy atom. The lowest BCUT2D eigenvalue weighted by molar-refractivity contribution is 0.00679. The molecule has 7 heteroatoms. The van der Waals surface area contributed by atoms with E-state index in [0.29, 0.717) is 0 Å². The van der Waals surface area contributed by atoms with Crippen LogP contribution in [0.4, 0.5) is 4.39 Å². The van der Waals surface area contributed by atoms with Crippen molar-refractivity contribution in [1.82, 2.24) is 0 Å². The molecule has 0 unspecified atom stereocenters. The van der Waals surface area contributed by atoms with Crippen molar-refractivity contribution < 1.29 is 22.3 Å². The molecule has 0 aliphatic carbocycles. The van der Waals surface area contributed by atoms with Gasteiger partial charge in [0.2, 0.25) is 0 Å². The molecule has 0 fully saturated rings. The second-order valence-corrected chi connectivity index (χ2v) is 7.55. The van der Waals surface area contributed by atoms with Gasteiger partial charge in [0.15, 0.2) is 0 Å². The summed E-state index contributed by atoms with van der Waals surface area (Å²) in [5.41, 5.74) is -0.865. The second kappa shape index (κ2) is 5.09. The van der Waals surface area contributed by atoms with Crippen molar-refractivity contribution in [3.8, 4) is 0 Å². The van der Waals surface area contributed by atoms with Crippen molar-refractivity contribution in [3.05, 3.63) is 29.1 Å². The van der Waals surface area contributed by atoms with Crippen LogP contribution in [0.3, 0.4) is 0 Å². The molecule has 106 valence electrons. The van der Waals surface area contributed by atoms with E-state index in [1.807, 2.05) is 0 Å². The summed E-state index contributed by atoms with van der Waals surface area (Å²) < 4.78 is 41.1. The lowest BCUT2D eigenvalue weighted by Gasteiger charge is -2.20. The molecule has 0 amide bonds. The summed E-state index contributed by atoms with van der Waals surface area (Å²) in [6.45, 7) is 6.32. The Hall–Kier alpha value is -1.14. The van der Waals surface area contributed by atoms with Crippen LogP contribution in [0.25, 0.3) is 0 Å². The highest BCUT2D eigenvalue weighted by molar-refractivity contribution is 8.13. The average molecular weight is 309 g/mol. The van der Waals surface area contributed by atoms with E-state index in [1.165, 1.54) is 6.92 Å². The molecule has 0 heterocycles. The maximum absolute atomic E-state index is 13.4. The first-order valence-electron chi connectivity index (χ1n) is 5.40. The van der Waals surface area contributed by atoms with E-state index in [0.717, 1.165) is 12.1 Å². The third kappa shape index (κ3) is 4.18. The molecule has 4 nitrogen and oxygen atoms in total. The Kier molecular flexibility index (Phi) is 4.27. The van der Waals surface area contributed by atoms with Gasteiger partial charge in [-0.05, 0) is 45.4 Å². The molecule has 0 bridgehead atoms. The lowest BCUT2D eigenvalue weighted by Crippen LogP contribution is -2.24. The predicted octanol–water partition coefficient (Wildman–Crippen LogP) is 3.02. The van der Waals surface area contributed by atoms with Crippen LogP contribution in [0.2, 0.25) is 0 Å². The van der Waals surface area contributed by atoms with Gasteiger partial charge in [0.1, 0.15) is 11.4 Å². The van der Waals surface area contributed by atoms with Crippen molar-refractivity contribution in [2.24, 2.45) is 0 Å². The molecule has 1 aromatic carbocycles. The zero-order valence-corrected chi connectivity index (χ0v) is 12.5. The third-order valence-electron chi connectivity index (χ3n) is 2.21. The van der Waals surface area contributed by atoms with Crippen molar-refractivity contribution in [1.29, 1.82) is 0 Å². The summed E-state index contributed by atoms with van der Waals surface area (Å²) in [5, 5.41) is 0. The summed E-state index contributed by atoms with van der Waals surface area (Å²) in [6.07, 6.45) is 0. The smallest absolute Gasteiger partial charge is 0.339 e. The van der Waals surface area contributed by atoms with E-state index in [4.69, 9.17) is 15.4 Å². The average Bonchev–Trinajstić information content (AvgIpc) is 2.16.